The van der Waals surface area contributed by atoms with E-state index in [4.69, 9.17) is 10.00 Å². The highest BCUT2D eigenvalue weighted by atomic mass is 31.2. The van der Waals surface area contributed by atoms with Gasteiger partial charge in [-0.1, -0.05) is 13.0 Å². The molecule has 0 spiro atoms. The second-order valence-electron chi connectivity index (χ2n) is 5.63. The molecule has 0 amide bonds. The van der Waals surface area contributed by atoms with Crippen molar-refractivity contribution in [3.63, 3.8) is 0 Å². The zero-order valence-corrected chi connectivity index (χ0v) is 12.8. The zero-order chi connectivity index (χ0) is 14.3. The van der Waals surface area contributed by atoms with Gasteiger partial charge in [-0.25, -0.2) is 4.89 Å². The van der Waals surface area contributed by atoms with Gasteiger partial charge in [0.1, 0.15) is 11.1 Å². The van der Waals surface area contributed by atoms with Crippen LogP contribution in [0.1, 0.15) is 33.1 Å². The molecule has 0 fully saturated rings. The minimum Gasteiger partial charge on any atom is -0.454 e. The van der Waals surface area contributed by atoms with Crippen molar-refractivity contribution < 1.29 is 9.63 Å². The maximum absolute atomic E-state index is 11.3. The quantitative estimate of drug-likeness (QED) is 0.735. The summed E-state index contributed by atoms with van der Waals surface area (Å²) in [5.74, 6) is 2.16. The Balaban J connectivity index is 2.11. The molecule has 2 aliphatic carbocycles. The zero-order valence-electron chi connectivity index (χ0n) is 11.9. The van der Waals surface area contributed by atoms with Crippen LogP contribution in [0.4, 0.5) is 0 Å². The smallest absolute Gasteiger partial charge is 0.209 e. The van der Waals surface area contributed by atoms with Gasteiger partial charge in [0.25, 0.3) is 0 Å². The van der Waals surface area contributed by atoms with E-state index in [9.17, 15) is 4.89 Å². The van der Waals surface area contributed by atoms with Crippen molar-refractivity contribution >= 4 is 7.49 Å². The van der Waals surface area contributed by atoms with Crippen molar-refractivity contribution in [3.05, 3.63) is 45.9 Å². The van der Waals surface area contributed by atoms with Crippen molar-refractivity contribution in [1.29, 1.82) is 5.26 Å². The number of nitriles is 1. The number of allylic oxidation sites excluding steroid dienone is 7. The molecule has 0 aromatic rings. The molecular formula is C16H19NO2P+. The third kappa shape index (κ3) is 1.95. The van der Waals surface area contributed by atoms with Crippen LogP contribution in [0.15, 0.2) is 45.9 Å². The Kier molecular flexibility index (Phi) is 3.32. The minimum atomic E-state index is -2.34. The van der Waals surface area contributed by atoms with E-state index in [-0.39, 0.29) is 0 Å². The fourth-order valence-electron chi connectivity index (χ4n) is 3.09. The largest absolute Gasteiger partial charge is 0.454 e. The van der Waals surface area contributed by atoms with Gasteiger partial charge in [-0.2, -0.15) is 5.26 Å². The Morgan fingerprint density at radius 1 is 1.50 bits per heavy atom. The summed E-state index contributed by atoms with van der Waals surface area (Å²) in [5, 5.41) is 11.1. The Labute approximate surface area is 120 Å². The standard InChI is InChI=1S/C16H19NO2P/c1-3-20(18)15-8-11(2)4-6-13(15)19-14-7-5-12(10-17)9-16(14)20/h4,6,9,11,18H,3,5,7-8H2,1-2H3/q+1. The third-order valence-electron chi connectivity index (χ3n) is 4.27. The molecule has 104 valence electrons. The minimum absolute atomic E-state index is 0.431. The van der Waals surface area contributed by atoms with Crippen LogP contribution in [0.2, 0.25) is 0 Å². The molecule has 0 radical (unpaired) electrons. The van der Waals surface area contributed by atoms with E-state index >= 15 is 0 Å². The number of hydrogen-bond acceptors (Lipinski definition) is 3. The van der Waals surface area contributed by atoms with Gasteiger partial charge in [-0.05, 0) is 25.3 Å². The van der Waals surface area contributed by atoms with E-state index in [0.717, 1.165) is 40.6 Å². The van der Waals surface area contributed by atoms with Crippen molar-refractivity contribution in [2.75, 3.05) is 6.16 Å². The molecule has 1 heterocycles. The molecule has 3 rings (SSSR count). The number of hydrogen-bond donors (Lipinski definition) is 1. The SMILES string of the molecule is CC[P+]1(O)C2=C(CCC(C#N)=C2)OC2=C1CC(C)C=C2. The normalized spacial score (nSPS) is 32.1. The van der Waals surface area contributed by atoms with Crippen molar-refractivity contribution in [1.82, 2.24) is 0 Å². The first-order valence-electron chi connectivity index (χ1n) is 7.13. The molecule has 0 saturated heterocycles. The monoisotopic (exact) mass is 288 g/mol. The van der Waals surface area contributed by atoms with Gasteiger partial charge in [-0.15, -0.1) is 0 Å². The highest BCUT2D eigenvalue weighted by Gasteiger charge is 2.52. The number of ether oxygens (including phenoxy) is 1. The van der Waals surface area contributed by atoms with Crippen LogP contribution in [-0.2, 0) is 4.74 Å². The van der Waals surface area contributed by atoms with Crippen LogP contribution in [0, 0.1) is 17.2 Å². The summed E-state index contributed by atoms with van der Waals surface area (Å²) in [5.41, 5.74) is 0.752. The molecule has 3 aliphatic rings. The predicted molar refractivity (Wildman–Crippen MR) is 80.7 cm³/mol. The van der Waals surface area contributed by atoms with Crippen LogP contribution in [-0.4, -0.2) is 11.1 Å². The molecule has 4 heteroatoms. The fourth-order valence-corrected chi connectivity index (χ4v) is 6.11. The predicted octanol–water partition coefficient (Wildman–Crippen LogP) is 4.22. The molecule has 2 unspecified atom stereocenters. The molecule has 0 saturated carbocycles. The van der Waals surface area contributed by atoms with Gasteiger partial charge >= 0.3 is 0 Å². The molecule has 0 aromatic carbocycles. The Morgan fingerprint density at radius 3 is 3.00 bits per heavy atom. The van der Waals surface area contributed by atoms with E-state index < -0.39 is 7.49 Å². The van der Waals surface area contributed by atoms with Crippen molar-refractivity contribution in [2.45, 2.75) is 33.1 Å². The van der Waals surface area contributed by atoms with Crippen molar-refractivity contribution in [2.24, 2.45) is 5.92 Å². The number of nitrogens with zero attached hydrogens (tertiary/aromatic N) is 1. The molecular weight excluding hydrogens is 269 g/mol. The molecule has 0 bridgehead atoms. The van der Waals surface area contributed by atoms with E-state index in [1.807, 2.05) is 19.1 Å². The third-order valence-corrected chi connectivity index (χ3v) is 7.66. The topological polar surface area (TPSA) is 53.2 Å². The molecule has 3 nitrogen and oxygen atoms in total. The summed E-state index contributed by atoms with van der Waals surface area (Å²) in [6.45, 7) is 4.19. The van der Waals surface area contributed by atoms with E-state index in [1.165, 1.54) is 0 Å². The van der Waals surface area contributed by atoms with E-state index in [2.05, 4.69) is 19.1 Å². The molecule has 20 heavy (non-hydrogen) atoms. The van der Waals surface area contributed by atoms with Gasteiger partial charge in [0.15, 0.2) is 11.1 Å². The highest BCUT2D eigenvalue weighted by molar-refractivity contribution is 7.78. The van der Waals surface area contributed by atoms with Crippen LogP contribution < -0.4 is 0 Å². The first kappa shape index (κ1) is 13.6. The van der Waals surface area contributed by atoms with Gasteiger partial charge < -0.3 is 4.74 Å². The van der Waals surface area contributed by atoms with Crippen LogP contribution in [0.25, 0.3) is 0 Å². The van der Waals surface area contributed by atoms with Crippen LogP contribution in [0.3, 0.4) is 0 Å². The maximum Gasteiger partial charge on any atom is 0.209 e. The Morgan fingerprint density at radius 2 is 2.30 bits per heavy atom. The lowest BCUT2D eigenvalue weighted by Crippen LogP contribution is -2.18. The van der Waals surface area contributed by atoms with Gasteiger partial charge in [-0.3, -0.25) is 0 Å². The summed E-state index contributed by atoms with van der Waals surface area (Å²) < 4.78 is 6.02. The lowest BCUT2D eigenvalue weighted by molar-refractivity contribution is 0.290. The average Bonchev–Trinajstić information content (AvgIpc) is 2.48. The Hall–Kier alpha value is -1.36. The van der Waals surface area contributed by atoms with E-state index in [0.29, 0.717) is 18.5 Å². The summed E-state index contributed by atoms with van der Waals surface area (Å²) in [4.78, 5) is 11.3. The lowest BCUT2D eigenvalue weighted by atomic mass is 10.0. The summed E-state index contributed by atoms with van der Waals surface area (Å²) >= 11 is 0. The van der Waals surface area contributed by atoms with E-state index in [1.54, 1.807) is 0 Å². The summed E-state index contributed by atoms with van der Waals surface area (Å²) in [6.07, 6.45) is 9.03. The molecule has 2 atom stereocenters. The molecule has 1 aliphatic heterocycles. The van der Waals surface area contributed by atoms with Gasteiger partial charge in [0.05, 0.1) is 12.2 Å². The fraction of sp³-hybridized carbons (Fsp3) is 0.438. The second-order valence-corrected chi connectivity index (χ2v) is 8.82. The van der Waals surface area contributed by atoms with Crippen molar-refractivity contribution in [3.8, 4) is 6.07 Å². The first-order chi connectivity index (χ1) is 9.58. The number of rotatable bonds is 1. The van der Waals surface area contributed by atoms with Gasteiger partial charge in [0, 0.05) is 24.5 Å². The summed E-state index contributed by atoms with van der Waals surface area (Å²) in [6, 6.07) is 2.23. The Bertz CT molecular complexity index is 621. The highest BCUT2D eigenvalue weighted by Crippen LogP contribution is 2.74. The average molecular weight is 288 g/mol. The van der Waals surface area contributed by atoms with Crippen LogP contribution >= 0.6 is 7.49 Å². The summed E-state index contributed by atoms with van der Waals surface area (Å²) in [7, 11) is -2.34. The second kappa shape index (κ2) is 4.88. The van der Waals surface area contributed by atoms with Crippen LogP contribution in [0.5, 0.6) is 0 Å². The first-order valence-corrected chi connectivity index (χ1v) is 9.06. The van der Waals surface area contributed by atoms with Gasteiger partial charge in [0.2, 0.25) is 7.49 Å². The lowest BCUT2D eigenvalue weighted by Gasteiger charge is -2.33. The molecule has 0 aromatic heterocycles. The maximum atomic E-state index is 11.3. The molecule has 1 N–H and O–H groups in total.